The van der Waals surface area contributed by atoms with Gasteiger partial charge in [-0.2, -0.15) is 5.10 Å². The number of amides is 1. The molecule has 1 amide bonds. The maximum absolute atomic E-state index is 13.3. The first kappa shape index (κ1) is 20.1. The van der Waals surface area contributed by atoms with Crippen LogP contribution in [0.15, 0.2) is 59.5 Å². The number of aromatic nitrogens is 3. The van der Waals surface area contributed by atoms with E-state index in [1.165, 1.54) is 0 Å². The van der Waals surface area contributed by atoms with E-state index < -0.39 is 0 Å². The van der Waals surface area contributed by atoms with E-state index in [4.69, 9.17) is 4.74 Å². The Balaban J connectivity index is 1.42. The zero-order chi connectivity index (χ0) is 22.2. The molecule has 0 atom stereocenters. The lowest BCUT2D eigenvalue weighted by Crippen LogP contribution is -2.48. The summed E-state index contributed by atoms with van der Waals surface area (Å²) in [5, 5.41) is 4.29. The van der Waals surface area contributed by atoms with Gasteiger partial charge in [-0.05, 0) is 43.3 Å². The van der Waals surface area contributed by atoms with Gasteiger partial charge in [-0.25, -0.2) is 4.52 Å². The average molecular weight is 431 g/mol. The lowest BCUT2D eigenvalue weighted by Gasteiger charge is -2.36. The van der Waals surface area contributed by atoms with Gasteiger partial charge in [0.15, 0.2) is 0 Å². The topological polar surface area (TPSA) is 72.1 Å². The largest absolute Gasteiger partial charge is 0.495 e. The SMILES string of the molecule is CCn1c(=O)c2ccnn2c2ccc(C(=O)N3CCN(c4ccccc4OC)CC3)cc21. The molecule has 1 aliphatic rings. The van der Waals surface area contributed by atoms with Gasteiger partial charge in [0.05, 0.1) is 30.0 Å². The molecule has 2 aromatic heterocycles. The minimum absolute atomic E-state index is 0.0257. The molecule has 2 aromatic carbocycles. The van der Waals surface area contributed by atoms with Gasteiger partial charge >= 0.3 is 0 Å². The van der Waals surface area contributed by atoms with E-state index in [9.17, 15) is 9.59 Å². The molecule has 1 fully saturated rings. The summed E-state index contributed by atoms with van der Waals surface area (Å²) >= 11 is 0. The third-order valence-corrected chi connectivity index (χ3v) is 6.16. The van der Waals surface area contributed by atoms with E-state index >= 15 is 0 Å². The van der Waals surface area contributed by atoms with Gasteiger partial charge in [-0.3, -0.25) is 9.59 Å². The molecule has 164 valence electrons. The predicted octanol–water partition coefficient (Wildman–Crippen LogP) is 2.64. The summed E-state index contributed by atoms with van der Waals surface area (Å²) < 4.78 is 8.82. The van der Waals surface area contributed by atoms with Crippen molar-refractivity contribution in [3.63, 3.8) is 0 Å². The molecule has 0 spiro atoms. The van der Waals surface area contributed by atoms with Crippen molar-refractivity contribution in [3.05, 3.63) is 70.6 Å². The molecule has 0 bridgehead atoms. The van der Waals surface area contributed by atoms with Crippen LogP contribution in [0.2, 0.25) is 0 Å². The number of para-hydroxylation sites is 2. The summed E-state index contributed by atoms with van der Waals surface area (Å²) in [5.41, 5.74) is 3.58. The highest BCUT2D eigenvalue weighted by Crippen LogP contribution is 2.28. The summed E-state index contributed by atoms with van der Waals surface area (Å²) in [7, 11) is 1.67. The number of piperazine rings is 1. The molecule has 1 saturated heterocycles. The Hall–Kier alpha value is -3.81. The van der Waals surface area contributed by atoms with Crippen molar-refractivity contribution in [1.29, 1.82) is 0 Å². The highest BCUT2D eigenvalue weighted by atomic mass is 16.5. The fourth-order valence-electron chi connectivity index (χ4n) is 4.49. The van der Waals surface area contributed by atoms with Crippen LogP contribution in [0.1, 0.15) is 17.3 Å². The molecular weight excluding hydrogens is 406 g/mol. The van der Waals surface area contributed by atoms with Crippen LogP contribution in [-0.4, -0.2) is 58.3 Å². The molecule has 5 rings (SSSR count). The molecule has 4 aromatic rings. The summed E-state index contributed by atoms with van der Waals surface area (Å²) in [6.07, 6.45) is 1.62. The van der Waals surface area contributed by atoms with Crippen LogP contribution in [0.25, 0.3) is 16.6 Å². The molecule has 0 unspecified atom stereocenters. The Morgan fingerprint density at radius 1 is 1.00 bits per heavy atom. The summed E-state index contributed by atoms with van der Waals surface area (Å²) in [4.78, 5) is 30.2. The van der Waals surface area contributed by atoms with Crippen molar-refractivity contribution in [2.24, 2.45) is 0 Å². The first-order valence-electron chi connectivity index (χ1n) is 10.8. The van der Waals surface area contributed by atoms with Crippen LogP contribution >= 0.6 is 0 Å². The fourth-order valence-corrected chi connectivity index (χ4v) is 4.49. The van der Waals surface area contributed by atoms with Crippen LogP contribution < -0.4 is 15.2 Å². The smallest absolute Gasteiger partial charge is 0.277 e. The second kappa shape index (κ2) is 8.03. The number of carbonyl (C=O) groups is 1. The van der Waals surface area contributed by atoms with E-state index in [0.29, 0.717) is 36.2 Å². The van der Waals surface area contributed by atoms with Gasteiger partial charge in [-0.15, -0.1) is 0 Å². The quantitative estimate of drug-likeness (QED) is 0.497. The number of methoxy groups -OCH3 is 1. The average Bonchev–Trinajstić information content (AvgIpc) is 3.34. The van der Waals surface area contributed by atoms with Gasteiger partial charge in [0.2, 0.25) is 0 Å². The van der Waals surface area contributed by atoms with Crippen molar-refractivity contribution >= 4 is 28.1 Å². The molecule has 3 heterocycles. The lowest BCUT2D eigenvalue weighted by molar-refractivity contribution is 0.0747. The normalized spacial score (nSPS) is 14.3. The summed E-state index contributed by atoms with van der Waals surface area (Å²) in [5.74, 6) is 0.812. The van der Waals surface area contributed by atoms with Gasteiger partial charge in [0.1, 0.15) is 11.3 Å². The molecule has 8 heteroatoms. The van der Waals surface area contributed by atoms with Crippen LogP contribution in [0.5, 0.6) is 5.75 Å². The van der Waals surface area contributed by atoms with Crippen molar-refractivity contribution in [3.8, 4) is 5.75 Å². The second-order valence-corrected chi connectivity index (χ2v) is 7.83. The number of rotatable bonds is 4. The van der Waals surface area contributed by atoms with Crippen molar-refractivity contribution in [1.82, 2.24) is 19.1 Å². The Morgan fingerprint density at radius 3 is 2.53 bits per heavy atom. The van der Waals surface area contributed by atoms with Crippen LogP contribution in [0, 0.1) is 0 Å². The highest BCUT2D eigenvalue weighted by molar-refractivity contribution is 5.97. The predicted molar refractivity (Wildman–Crippen MR) is 124 cm³/mol. The third-order valence-electron chi connectivity index (χ3n) is 6.16. The third kappa shape index (κ3) is 3.19. The maximum atomic E-state index is 13.3. The Morgan fingerprint density at radius 2 is 1.78 bits per heavy atom. The standard InChI is InChI=1S/C24H25N5O3/c1-3-28-21-16-17(8-9-18(21)29-20(24(28)31)10-11-25-29)23(30)27-14-12-26(13-15-27)19-6-4-5-7-22(19)32-2/h4-11,16H,3,12-15H2,1-2H3. The van der Waals surface area contributed by atoms with Gasteiger partial charge in [-0.1, -0.05) is 12.1 Å². The fraction of sp³-hybridized carbons (Fsp3) is 0.292. The Labute approximate surface area is 185 Å². The van der Waals surface area contributed by atoms with Crippen LogP contribution in [0.4, 0.5) is 5.69 Å². The Kier molecular flexibility index (Phi) is 5.05. The molecule has 0 saturated carbocycles. The van der Waals surface area contributed by atoms with Crippen molar-refractivity contribution < 1.29 is 9.53 Å². The highest BCUT2D eigenvalue weighted by Gasteiger charge is 2.24. The Bertz CT molecular complexity index is 1370. The number of ether oxygens (including phenoxy) is 1. The van der Waals surface area contributed by atoms with E-state index in [2.05, 4.69) is 10.00 Å². The van der Waals surface area contributed by atoms with Gasteiger partial charge in [0, 0.05) is 38.3 Å². The molecule has 0 radical (unpaired) electrons. The molecule has 0 N–H and O–H groups in total. The number of fused-ring (bicyclic) bond motifs is 3. The zero-order valence-electron chi connectivity index (χ0n) is 18.2. The number of aryl methyl sites for hydroxylation is 1. The summed E-state index contributed by atoms with van der Waals surface area (Å²) in [6, 6.07) is 15.2. The van der Waals surface area contributed by atoms with Crippen LogP contribution in [0.3, 0.4) is 0 Å². The van der Waals surface area contributed by atoms with Gasteiger partial charge < -0.3 is 19.1 Å². The lowest BCUT2D eigenvalue weighted by atomic mass is 10.1. The maximum Gasteiger partial charge on any atom is 0.277 e. The monoisotopic (exact) mass is 431 g/mol. The minimum Gasteiger partial charge on any atom is -0.495 e. The van der Waals surface area contributed by atoms with Crippen LogP contribution in [-0.2, 0) is 6.54 Å². The number of hydrogen-bond acceptors (Lipinski definition) is 5. The first-order chi connectivity index (χ1) is 15.6. The number of anilines is 1. The number of hydrogen-bond donors (Lipinski definition) is 0. The zero-order valence-corrected chi connectivity index (χ0v) is 18.2. The molecule has 32 heavy (non-hydrogen) atoms. The van der Waals surface area contributed by atoms with Crippen molar-refractivity contribution in [2.45, 2.75) is 13.5 Å². The van der Waals surface area contributed by atoms with Crippen molar-refractivity contribution in [2.75, 3.05) is 38.2 Å². The number of carbonyl (C=O) groups excluding carboxylic acids is 1. The van der Waals surface area contributed by atoms with E-state index in [1.54, 1.807) is 28.5 Å². The molecule has 0 aliphatic carbocycles. The number of benzene rings is 2. The molecule has 1 aliphatic heterocycles. The minimum atomic E-state index is -0.104. The van der Waals surface area contributed by atoms with E-state index in [0.717, 1.165) is 30.0 Å². The molecular formula is C24H25N5O3. The summed E-state index contributed by atoms with van der Waals surface area (Å²) in [6.45, 7) is 5.15. The number of nitrogens with zero attached hydrogens (tertiary/aromatic N) is 5. The van der Waals surface area contributed by atoms with E-state index in [-0.39, 0.29) is 11.5 Å². The van der Waals surface area contributed by atoms with Gasteiger partial charge in [0.25, 0.3) is 11.5 Å². The molecule has 8 nitrogen and oxygen atoms in total. The van der Waals surface area contributed by atoms with E-state index in [1.807, 2.05) is 54.3 Å². The first-order valence-corrected chi connectivity index (χ1v) is 10.8. The second-order valence-electron chi connectivity index (χ2n) is 7.83.